The van der Waals surface area contributed by atoms with Gasteiger partial charge in [0.05, 0.1) is 16.7 Å². The van der Waals surface area contributed by atoms with E-state index in [-0.39, 0.29) is 0 Å². The number of fused-ring (bicyclic) bond motifs is 1. The van der Waals surface area contributed by atoms with Gasteiger partial charge in [-0.25, -0.2) is 9.97 Å². The summed E-state index contributed by atoms with van der Waals surface area (Å²) in [6.45, 7) is 7.21. The number of hydrogen-bond acceptors (Lipinski definition) is 4. The third-order valence-electron chi connectivity index (χ3n) is 2.56. The third kappa shape index (κ3) is 3.32. The first-order chi connectivity index (χ1) is 9.85. The molecule has 98 valence electrons. The van der Waals surface area contributed by atoms with Gasteiger partial charge in [-0.1, -0.05) is 31.4 Å². The first-order valence-electron chi connectivity index (χ1n) is 6.06. The monoisotopic (exact) mass is 262 g/mol. The quantitative estimate of drug-likeness (QED) is 0.710. The Balaban J connectivity index is 0.000000147. The summed E-state index contributed by atoms with van der Waals surface area (Å²) in [6, 6.07) is 7.80. The summed E-state index contributed by atoms with van der Waals surface area (Å²) >= 11 is 0. The van der Waals surface area contributed by atoms with Crippen LogP contribution in [-0.2, 0) is 0 Å². The van der Waals surface area contributed by atoms with Crippen molar-refractivity contribution in [1.29, 1.82) is 0 Å². The van der Waals surface area contributed by atoms with Crippen LogP contribution in [-0.4, -0.2) is 19.9 Å². The zero-order chi connectivity index (χ0) is 14.2. The van der Waals surface area contributed by atoms with Gasteiger partial charge in [0, 0.05) is 24.2 Å². The molecule has 0 unspecified atom stereocenters. The van der Waals surface area contributed by atoms with E-state index in [9.17, 15) is 0 Å². The van der Waals surface area contributed by atoms with Crippen molar-refractivity contribution >= 4 is 23.2 Å². The Morgan fingerprint density at radius 2 is 1.50 bits per heavy atom. The van der Waals surface area contributed by atoms with Crippen molar-refractivity contribution in [2.24, 2.45) is 0 Å². The lowest BCUT2D eigenvalue weighted by Crippen LogP contribution is -1.86. The summed E-state index contributed by atoms with van der Waals surface area (Å²) in [5.74, 6) is 0. The first kappa shape index (κ1) is 13.5. The molecule has 0 aliphatic heterocycles. The molecule has 2 aromatic heterocycles. The average molecular weight is 262 g/mol. The Morgan fingerprint density at radius 1 is 0.850 bits per heavy atom. The lowest BCUT2D eigenvalue weighted by atomic mass is 10.2. The Bertz CT molecular complexity index is 630. The van der Waals surface area contributed by atoms with Gasteiger partial charge < -0.3 is 0 Å². The summed E-state index contributed by atoms with van der Waals surface area (Å²) in [5, 5.41) is 0. The Kier molecular flexibility index (Phi) is 4.67. The highest BCUT2D eigenvalue weighted by Crippen LogP contribution is 2.05. The van der Waals surface area contributed by atoms with Gasteiger partial charge in [0.25, 0.3) is 0 Å². The standard InChI is InChI=1S/C8H6N2.C8H8N2/c1-2-4-8-7(3-1)9-5-6-10-8;1-3-7-5-9-6-10-8(7)4-2/h1-6H;3-6H,1-2H2. The van der Waals surface area contributed by atoms with Gasteiger partial charge in [0.1, 0.15) is 6.33 Å². The van der Waals surface area contributed by atoms with E-state index in [1.807, 2.05) is 24.3 Å². The van der Waals surface area contributed by atoms with E-state index in [1.54, 1.807) is 30.7 Å². The molecule has 4 nitrogen and oxygen atoms in total. The number of nitrogens with zero attached hydrogens (tertiary/aromatic N) is 4. The number of para-hydroxylation sites is 2. The highest BCUT2D eigenvalue weighted by Gasteiger charge is 1.92. The second-order valence-corrected chi connectivity index (χ2v) is 3.82. The SMILES string of the molecule is C=Cc1cncnc1C=C.c1ccc2nccnc2c1. The maximum absolute atomic E-state index is 4.12. The van der Waals surface area contributed by atoms with Gasteiger partial charge in [0.15, 0.2) is 0 Å². The molecule has 20 heavy (non-hydrogen) atoms. The van der Waals surface area contributed by atoms with E-state index in [0.717, 1.165) is 22.3 Å². The molecule has 0 bridgehead atoms. The Hall–Kier alpha value is -2.88. The first-order valence-corrected chi connectivity index (χ1v) is 6.06. The molecule has 0 aliphatic carbocycles. The van der Waals surface area contributed by atoms with Crippen LogP contribution >= 0.6 is 0 Å². The van der Waals surface area contributed by atoms with Crippen molar-refractivity contribution in [3.8, 4) is 0 Å². The normalized spacial score (nSPS) is 9.40. The summed E-state index contributed by atoms with van der Waals surface area (Å²) in [7, 11) is 0. The van der Waals surface area contributed by atoms with Crippen molar-refractivity contribution < 1.29 is 0 Å². The van der Waals surface area contributed by atoms with Crippen LogP contribution in [0.4, 0.5) is 0 Å². The van der Waals surface area contributed by atoms with E-state index in [0.29, 0.717) is 0 Å². The zero-order valence-electron chi connectivity index (χ0n) is 11.0. The number of aromatic nitrogens is 4. The van der Waals surface area contributed by atoms with Crippen LogP contribution < -0.4 is 0 Å². The van der Waals surface area contributed by atoms with Crippen molar-refractivity contribution in [2.45, 2.75) is 0 Å². The van der Waals surface area contributed by atoms with Crippen LogP contribution in [0.5, 0.6) is 0 Å². The summed E-state index contributed by atoms with van der Waals surface area (Å²) in [5.41, 5.74) is 3.64. The molecular weight excluding hydrogens is 248 g/mol. The minimum atomic E-state index is 0.824. The van der Waals surface area contributed by atoms with E-state index in [2.05, 4.69) is 33.1 Å². The van der Waals surface area contributed by atoms with Crippen LogP contribution in [0, 0.1) is 0 Å². The predicted molar refractivity (Wildman–Crippen MR) is 81.8 cm³/mol. The number of hydrogen-bond donors (Lipinski definition) is 0. The molecule has 0 saturated heterocycles. The molecule has 1 aromatic carbocycles. The van der Waals surface area contributed by atoms with E-state index in [4.69, 9.17) is 0 Å². The van der Waals surface area contributed by atoms with Crippen molar-refractivity contribution in [3.05, 3.63) is 73.6 Å². The fourth-order valence-corrected chi connectivity index (χ4v) is 1.59. The molecule has 4 heteroatoms. The van der Waals surface area contributed by atoms with Crippen LogP contribution in [0.25, 0.3) is 23.2 Å². The fraction of sp³-hybridized carbons (Fsp3) is 0. The van der Waals surface area contributed by atoms with Crippen LogP contribution in [0.15, 0.2) is 62.3 Å². The van der Waals surface area contributed by atoms with Crippen molar-refractivity contribution in [2.75, 3.05) is 0 Å². The number of benzene rings is 1. The smallest absolute Gasteiger partial charge is 0.116 e. The minimum absolute atomic E-state index is 0.824. The summed E-state index contributed by atoms with van der Waals surface area (Å²) in [4.78, 5) is 16.0. The van der Waals surface area contributed by atoms with E-state index in [1.165, 1.54) is 6.33 Å². The molecule has 2 heterocycles. The zero-order valence-corrected chi connectivity index (χ0v) is 11.0. The predicted octanol–water partition coefficient (Wildman–Crippen LogP) is 3.39. The maximum Gasteiger partial charge on any atom is 0.116 e. The molecule has 0 fully saturated rings. The van der Waals surface area contributed by atoms with Crippen LogP contribution in [0.3, 0.4) is 0 Å². The Morgan fingerprint density at radius 3 is 2.00 bits per heavy atom. The third-order valence-corrected chi connectivity index (χ3v) is 2.56. The molecule has 3 aromatic rings. The van der Waals surface area contributed by atoms with E-state index < -0.39 is 0 Å². The van der Waals surface area contributed by atoms with Crippen molar-refractivity contribution in [3.63, 3.8) is 0 Å². The molecule has 0 aliphatic rings. The summed E-state index contributed by atoms with van der Waals surface area (Å²) < 4.78 is 0. The van der Waals surface area contributed by atoms with Gasteiger partial charge >= 0.3 is 0 Å². The second-order valence-electron chi connectivity index (χ2n) is 3.82. The Labute approximate surface area is 117 Å². The highest BCUT2D eigenvalue weighted by atomic mass is 14.8. The van der Waals surface area contributed by atoms with Crippen molar-refractivity contribution in [1.82, 2.24) is 19.9 Å². The average Bonchev–Trinajstić information content (AvgIpc) is 2.55. The van der Waals surface area contributed by atoms with Crippen LogP contribution in [0.1, 0.15) is 11.3 Å². The van der Waals surface area contributed by atoms with Gasteiger partial charge in [-0.05, 0) is 18.2 Å². The van der Waals surface area contributed by atoms with Gasteiger partial charge in [-0.3, -0.25) is 9.97 Å². The topological polar surface area (TPSA) is 51.6 Å². The van der Waals surface area contributed by atoms with Gasteiger partial charge in [-0.2, -0.15) is 0 Å². The minimum Gasteiger partial charge on any atom is -0.253 e. The molecule has 0 atom stereocenters. The van der Waals surface area contributed by atoms with Gasteiger partial charge in [0.2, 0.25) is 0 Å². The van der Waals surface area contributed by atoms with Gasteiger partial charge in [-0.15, -0.1) is 0 Å². The molecule has 0 radical (unpaired) electrons. The fourth-order valence-electron chi connectivity index (χ4n) is 1.59. The molecule has 0 N–H and O–H groups in total. The van der Waals surface area contributed by atoms with E-state index >= 15 is 0 Å². The second kappa shape index (κ2) is 6.89. The molecule has 3 rings (SSSR count). The molecule has 0 saturated carbocycles. The highest BCUT2D eigenvalue weighted by molar-refractivity contribution is 5.73. The largest absolute Gasteiger partial charge is 0.253 e. The van der Waals surface area contributed by atoms with Crippen LogP contribution in [0.2, 0.25) is 0 Å². The maximum atomic E-state index is 4.12. The lowest BCUT2D eigenvalue weighted by molar-refractivity contribution is 1.14. The molecule has 0 amide bonds. The summed E-state index contributed by atoms with van der Waals surface area (Å²) in [6.07, 6.45) is 9.97. The molecule has 0 spiro atoms. The lowest BCUT2D eigenvalue weighted by Gasteiger charge is -1.94. The number of rotatable bonds is 2. The molecular formula is C16H14N4.